The van der Waals surface area contributed by atoms with Crippen LogP contribution in [0, 0.1) is 0 Å². The number of phenols is 1. The van der Waals surface area contributed by atoms with Crippen LogP contribution in [0.3, 0.4) is 0 Å². The van der Waals surface area contributed by atoms with E-state index in [-0.39, 0.29) is 27.7 Å². The lowest BCUT2D eigenvalue weighted by atomic mass is 10.1. The SMILES string of the molecule is CN1C(=Cc2cccc(O)c2)C(=O)c2ccccc2S1(=O)=O. The van der Waals surface area contributed by atoms with E-state index in [9.17, 15) is 18.3 Å². The first-order valence-electron chi connectivity index (χ1n) is 6.54. The van der Waals surface area contributed by atoms with Crippen molar-refractivity contribution in [2.45, 2.75) is 4.90 Å². The molecule has 1 N–H and O–H groups in total. The van der Waals surface area contributed by atoms with Crippen molar-refractivity contribution in [2.24, 2.45) is 0 Å². The number of Topliss-reactive ketones (excluding diaryl/α,β-unsaturated/α-hetero) is 1. The molecule has 1 aliphatic heterocycles. The molecule has 1 heterocycles. The van der Waals surface area contributed by atoms with Crippen LogP contribution in [-0.2, 0) is 10.0 Å². The number of hydrogen-bond acceptors (Lipinski definition) is 4. The molecule has 0 bridgehead atoms. The Morgan fingerprint density at radius 1 is 1.09 bits per heavy atom. The van der Waals surface area contributed by atoms with Gasteiger partial charge in [0.15, 0.2) is 0 Å². The molecule has 2 aromatic rings. The molecule has 0 spiro atoms. The van der Waals surface area contributed by atoms with E-state index in [2.05, 4.69) is 0 Å². The van der Waals surface area contributed by atoms with Crippen LogP contribution >= 0.6 is 0 Å². The standard InChI is InChI=1S/C16H13NO4S/c1-17-14(10-11-5-4-6-12(18)9-11)16(19)13-7-2-3-8-15(13)22(17,20)21/h2-10,18H,1H3. The number of allylic oxidation sites excluding steroid dienone is 1. The number of hydrogen-bond donors (Lipinski definition) is 1. The van der Waals surface area contributed by atoms with Gasteiger partial charge < -0.3 is 5.11 Å². The zero-order valence-corrected chi connectivity index (χ0v) is 12.5. The third kappa shape index (κ3) is 2.17. The van der Waals surface area contributed by atoms with Crippen LogP contribution in [0.5, 0.6) is 5.75 Å². The number of sulfonamides is 1. The van der Waals surface area contributed by atoms with Gasteiger partial charge in [-0.1, -0.05) is 24.3 Å². The fourth-order valence-corrected chi connectivity index (χ4v) is 3.74. The molecule has 0 amide bonds. The minimum absolute atomic E-state index is 0.00978. The molecule has 0 fully saturated rings. The summed E-state index contributed by atoms with van der Waals surface area (Å²) >= 11 is 0. The molecule has 5 nitrogen and oxygen atoms in total. The molecule has 1 aliphatic rings. The first-order valence-corrected chi connectivity index (χ1v) is 7.98. The fourth-order valence-electron chi connectivity index (χ4n) is 2.37. The van der Waals surface area contributed by atoms with E-state index in [1.54, 1.807) is 24.3 Å². The summed E-state index contributed by atoms with van der Waals surface area (Å²) in [5, 5.41) is 9.49. The second kappa shape index (κ2) is 4.99. The first kappa shape index (κ1) is 14.3. The third-order valence-electron chi connectivity index (χ3n) is 3.52. The monoisotopic (exact) mass is 315 g/mol. The molecule has 0 aliphatic carbocycles. The van der Waals surface area contributed by atoms with Crippen molar-refractivity contribution in [3.8, 4) is 5.75 Å². The lowest BCUT2D eigenvalue weighted by Gasteiger charge is -2.27. The van der Waals surface area contributed by atoms with Gasteiger partial charge >= 0.3 is 0 Å². The number of benzene rings is 2. The van der Waals surface area contributed by atoms with Crippen molar-refractivity contribution in [3.63, 3.8) is 0 Å². The highest BCUT2D eigenvalue weighted by Gasteiger charge is 2.36. The van der Waals surface area contributed by atoms with Gasteiger partial charge in [0.05, 0.1) is 4.90 Å². The van der Waals surface area contributed by atoms with Crippen LogP contribution in [0.15, 0.2) is 59.1 Å². The molecule has 0 saturated heterocycles. The zero-order chi connectivity index (χ0) is 15.9. The Morgan fingerprint density at radius 3 is 2.55 bits per heavy atom. The highest BCUT2D eigenvalue weighted by Crippen LogP contribution is 2.31. The Kier molecular flexibility index (Phi) is 3.26. The van der Waals surface area contributed by atoms with Crippen molar-refractivity contribution in [2.75, 3.05) is 7.05 Å². The predicted octanol–water partition coefficient (Wildman–Crippen LogP) is 2.25. The minimum atomic E-state index is -3.75. The van der Waals surface area contributed by atoms with Crippen molar-refractivity contribution in [1.29, 1.82) is 0 Å². The molecule has 0 atom stereocenters. The van der Waals surface area contributed by atoms with Gasteiger partial charge in [0.2, 0.25) is 5.78 Å². The lowest BCUT2D eigenvalue weighted by molar-refractivity contribution is 0.101. The average Bonchev–Trinajstić information content (AvgIpc) is 2.50. The smallest absolute Gasteiger partial charge is 0.264 e. The second-order valence-corrected chi connectivity index (χ2v) is 6.86. The fraction of sp³-hybridized carbons (Fsp3) is 0.0625. The van der Waals surface area contributed by atoms with Gasteiger partial charge in [-0.05, 0) is 35.9 Å². The van der Waals surface area contributed by atoms with Gasteiger partial charge in [-0.25, -0.2) is 8.42 Å². The number of ketones is 1. The summed E-state index contributed by atoms with van der Waals surface area (Å²) in [6.07, 6.45) is 1.45. The van der Waals surface area contributed by atoms with Crippen molar-refractivity contribution >= 4 is 21.9 Å². The van der Waals surface area contributed by atoms with Crippen LogP contribution in [0.2, 0.25) is 0 Å². The highest BCUT2D eigenvalue weighted by atomic mass is 32.2. The van der Waals surface area contributed by atoms with Gasteiger partial charge in [0.1, 0.15) is 11.4 Å². The van der Waals surface area contributed by atoms with Crippen molar-refractivity contribution in [3.05, 3.63) is 65.4 Å². The summed E-state index contributed by atoms with van der Waals surface area (Å²) < 4.78 is 26.0. The molecular formula is C16H13NO4S. The van der Waals surface area contributed by atoms with E-state index < -0.39 is 10.0 Å². The minimum Gasteiger partial charge on any atom is -0.508 e. The van der Waals surface area contributed by atoms with Crippen molar-refractivity contribution in [1.82, 2.24) is 4.31 Å². The Balaban J connectivity index is 2.21. The van der Waals surface area contributed by atoms with Crippen molar-refractivity contribution < 1.29 is 18.3 Å². The maximum absolute atomic E-state index is 12.6. The van der Waals surface area contributed by atoms with E-state index in [0.717, 1.165) is 4.31 Å². The molecule has 6 heteroatoms. The Hall–Kier alpha value is -2.60. The van der Waals surface area contributed by atoms with E-state index in [1.807, 2.05) is 0 Å². The van der Waals surface area contributed by atoms with Gasteiger partial charge in [0, 0.05) is 12.6 Å². The molecule has 22 heavy (non-hydrogen) atoms. The van der Waals surface area contributed by atoms with E-state index >= 15 is 0 Å². The Labute approximate surface area is 128 Å². The lowest BCUT2D eigenvalue weighted by Crippen LogP contribution is -2.36. The predicted molar refractivity (Wildman–Crippen MR) is 81.8 cm³/mol. The number of fused-ring (bicyclic) bond motifs is 1. The number of rotatable bonds is 1. The summed E-state index contributed by atoms with van der Waals surface area (Å²) in [6, 6.07) is 12.4. The van der Waals surface area contributed by atoms with Crippen LogP contribution in [0.4, 0.5) is 0 Å². The Morgan fingerprint density at radius 2 is 1.82 bits per heavy atom. The van der Waals surface area contributed by atoms with Crippen LogP contribution in [0.1, 0.15) is 15.9 Å². The molecule has 0 saturated carbocycles. The largest absolute Gasteiger partial charge is 0.508 e. The van der Waals surface area contributed by atoms with Crippen LogP contribution < -0.4 is 0 Å². The maximum atomic E-state index is 12.6. The maximum Gasteiger partial charge on any atom is 0.264 e. The molecule has 3 rings (SSSR count). The number of carbonyl (C=O) groups is 1. The summed E-state index contributed by atoms with van der Waals surface area (Å²) in [5.41, 5.74) is 0.751. The molecule has 112 valence electrons. The Bertz CT molecular complexity index is 900. The molecule has 0 unspecified atom stereocenters. The summed E-state index contributed by atoms with van der Waals surface area (Å²) in [4.78, 5) is 12.6. The van der Waals surface area contributed by atoms with Gasteiger partial charge in [-0.15, -0.1) is 0 Å². The number of likely N-dealkylation sites (N-methyl/N-ethyl adjacent to an activating group) is 1. The zero-order valence-electron chi connectivity index (χ0n) is 11.7. The second-order valence-electron chi connectivity index (χ2n) is 4.92. The summed E-state index contributed by atoms with van der Waals surface area (Å²) in [7, 11) is -2.41. The highest BCUT2D eigenvalue weighted by molar-refractivity contribution is 7.89. The third-order valence-corrected chi connectivity index (χ3v) is 5.35. The quantitative estimate of drug-likeness (QED) is 0.819. The normalized spacial score (nSPS) is 18.3. The summed E-state index contributed by atoms with van der Waals surface area (Å²) in [6.45, 7) is 0. The van der Waals surface area contributed by atoms with E-state index in [4.69, 9.17) is 0 Å². The van der Waals surface area contributed by atoms with E-state index in [1.165, 1.54) is 37.4 Å². The van der Waals surface area contributed by atoms with Gasteiger partial charge in [-0.3, -0.25) is 9.10 Å². The molecule has 0 aromatic heterocycles. The topological polar surface area (TPSA) is 74.7 Å². The van der Waals surface area contributed by atoms with Crippen LogP contribution in [-0.4, -0.2) is 30.7 Å². The van der Waals surface area contributed by atoms with E-state index in [0.29, 0.717) is 5.56 Å². The molecule has 0 radical (unpaired) electrons. The molecule has 2 aromatic carbocycles. The first-order chi connectivity index (χ1) is 10.4. The molecular weight excluding hydrogens is 302 g/mol. The summed E-state index contributed by atoms with van der Waals surface area (Å²) in [5.74, 6) is -0.320. The number of phenolic OH excluding ortho intramolecular Hbond substituents is 1. The van der Waals surface area contributed by atoms with Crippen LogP contribution in [0.25, 0.3) is 6.08 Å². The number of nitrogens with zero attached hydrogens (tertiary/aromatic N) is 1. The number of aromatic hydroxyl groups is 1. The average molecular weight is 315 g/mol. The van der Waals surface area contributed by atoms with Gasteiger partial charge in [-0.2, -0.15) is 0 Å². The van der Waals surface area contributed by atoms with Gasteiger partial charge in [0.25, 0.3) is 10.0 Å². The number of carbonyl (C=O) groups excluding carboxylic acids is 1.